The Morgan fingerprint density at radius 3 is 2.24 bits per heavy atom. The third-order valence-corrected chi connectivity index (χ3v) is 4.94. The number of halogens is 3. The summed E-state index contributed by atoms with van der Waals surface area (Å²) < 4.78 is 56.7. The van der Waals surface area contributed by atoms with Crippen LogP contribution in [0.25, 0.3) is 0 Å². The van der Waals surface area contributed by atoms with Crippen LogP contribution in [0, 0.1) is 13.8 Å². The quantitative estimate of drug-likeness (QED) is 0.145. The van der Waals surface area contributed by atoms with Gasteiger partial charge in [0.25, 0.3) is 0 Å². The smallest absolute Gasteiger partial charge is 0.437 e. The molecule has 0 aliphatic rings. The zero-order valence-corrected chi connectivity index (χ0v) is 20.2. The topological polar surface area (TPSA) is 49.3 Å². The summed E-state index contributed by atoms with van der Waals surface area (Å²) in [6.45, 7) is 8.88. The van der Waals surface area contributed by atoms with E-state index in [0.717, 1.165) is 42.6 Å². The van der Waals surface area contributed by atoms with Crippen LogP contribution < -0.4 is 14.2 Å². The van der Waals surface area contributed by atoms with Gasteiger partial charge in [-0.25, -0.2) is 0 Å². The highest BCUT2D eigenvalue weighted by Gasteiger charge is 2.37. The highest BCUT2D eigenvalue weighted by Crippen LogP contribution is 2.30. The molecule has 0 fully saturated rings. The molecular weight excluding hydrogens is 447 g/mol. The first-order chi connectivity index (χ1) is 16.2. The summed E-state index contributed by atoms with van der Waals surface area (Å²) in [5.41, 5.74) is 0.839. The molecule has 0 saturated carbocycles. The fourth-order valence-electron chi connectivity index (χ4n) is 3.31. The Labute approximate surface area is 199 Å². The molecule has 0 bridgehead atoms. The van der Waals surface area contributed by atoms with Crippen molar-refractivity contribution in [2.45, 2.75) is 52.8 Å². The van der Waals surface area contributed by atoms with Crippen LogP contribution in [0.5, 0.6) is 17.2 Å². The van der Waals surface area contributed by atoms with E-state index in [1.54, 1.807) is 0 Å². The molecule has 2 aromatic rings. The minimum atomic E-state index is -4.61. The van der Waals surface area contributed by atoms with Crippen molar-refractivity contribution < 1.29 is 32.2 Å². The minimum absolute atomic E-state index is 0.0298. The van der Waals surface area contributed by atoms with Crippen LogP contribution in [0.1, 0.15) is 43.4 Å². The van der Waals surface area contributed by atoms with Gasteiger partial charge in [-0.2, -0.15) is 13.2 Å². The van der Waals surface area contributed by atoms with Crippen molar-refractivity contribution in [1.82, 2.24) is 0 Å². The molecule has 0 aliphatic carbocycles. The summed E-state index contributed by atoms with van der Waals surface area (Å²) in [7, 11) is 1.08. The Morgan fingerprint density at radius 2 is 1.68 bits per heavy atom. The van der Waals surface area contributed by atoms with Crippen molar-refractivity contribution in [3.8, 4) is 17.2 Å². The summed E-state index contributed by atoms with van der Waals surface area (Å²) in [5, 5.41) is 3.09. The number of allylic oxidation sites excluding steroid dienone is 1. The largest absolute Gasteiger partial charge is 0.494 e. The van der Waals surface area contributed by atoms with Gasteiger partial charge in [0.05, 0.1) is 12.7 Å². The molecule has 2 rings (SSSR count). The van der Waals surface area contributed by atoms with E-state index in [0.29, 0.717) is 19.0 Å². The second-order valence-corrected chi connectivity index (χ2v) is 7.83. The lowest BCUT2D eigenvalue weighted by molar-refractivity contribution is -0.0608. The summed E-state index contributed by atoms with van der Waals surface area (Å²) in [4.78, 5) is 4.32. The van der Waals surface area contributed by atoms with E-state index in [1.165, 1.54) is 24.3 Å². The number of alkyl halides is 3. The van der Waals surface area contributed by atoms with Crippen molar-refractivity contribution in [1.29, 1.82) is 0 Å². The summed E-state index contributed by atoms with van der Waals surface area (Å²) in [6.07, 6.45) is 0.741. The number of oxime groups is 1. The maximum Gasteiger partial charge on any atom is 0.437 e. The van der Waals surface area contributed by atoms with Crippen LogP contribution in [-0.4, -0.2) is 38.3 Å². The van der Waals surface area contributed by atoms with E-state index in [-0.39, 0.29) is 11.7 Å². The van der Waals surface area contributed by atoms with Gasteiger partial charge in [-0.15, -0.1) is 0 Å². The van der Waals surface area contributed by atoms with Crippen LogP contribution in [0.2, 0.25) is 0 Å². The monoisotopic (exact) mass is 479 g/mol. The molecule has 34 heavy (non-hydrogen) atoms. The molecule has 2 aromatic carbocycles. The molecule has 8 heteroatoms. The van der Waals surface area contributed by atoms with Crippen molar-refractivity contribution in [3.63, 3.8) is 0 Å². The van der Waals surface area contributed by atoms with E-state index in [2.05, 4.69) is 9.99 Å². The average molecular weight is 480 g/mol. The number of hydrogen-bond donors (Lipinski definition) is 0. The number of hydrogen-bond acceptors (Lipinski definition) is 5. The van der Waals surface area contributed by atoms with Gasteiger partial charge in [0.2, 0.25) is 0 Å². The Bertz CT molecular complexity index is 946. The van der Waals surface area contributed by atoms with E-state index in [9.17, 15) is 13.2 Å². The number of ether oxygens (including phenoxy) is 3. The molecule has 186 valence electrons. The fraction of sp³-hybridized carbons (Fsp3) is 0.423. The van der Waals surface area contributed by atoms with Gasteiger partial charge in [0.1, 0.15) is 31.0 Å². The second kappa shape index (κ2) is 12.9. The molecule has 1 unspecified atom stereocenters. The number of nitrogens with zero attached hydrogens (tertiary/aromatic N) is 1. The van der Waals surface area contributed by atoms with Gasteiger partial charge in [0, 0.05) is 5.56 Å². The van der Waals surface area contributed by atoms with E-state index in [4.69, 9.17) is 14.2 Å². The van der Waals surface area contributed by atoms with Gasteiger partial charge in [-0.3, -0.25) is 0 Å². The first-order valence-electron chi connectivity index (χ1n) is 11.1. The van der Waals surface area contributed by atoms with Crippen molar-refractivity contribution in [3.05, 3.63) is 65.2 Å². The molecular formula is C26H32F3NO4. The summed E-state index contributed by atoms with van der Waals surface area (Å²) >= 11 is 0. The molecule has 0 radical (unpaired) electrons. The zero-order chi connectivity index (χ0) is 25.1. The summed E-state index contributed by atoms with van der Waals surface area (Å²) in [5.74, 6) is 2.14. The van der Waals surface area contributed by atoms with Crippen molar-refractivity contribution in [2.75, 3.05) is 20.3 Å². The molecule has 0 spiro atoms. The van der Waals surface area contributed by atoms with Gasteiger partial charge in [0.15, 0.2) is 5.71 Å². The molecule has 0 saturated heterocycles. The molecule has 1 atom stereocenters. The Hall–Kier alpha value is -3.16. The summed E-state index contributed by atoms with van der Waals surface area (Å²) in [6, 6.07) is 9.52. The molecule has 0 aromatic heterocycles. The maximum absolute atomic E-state index is 13.0. The van der Waals surface area contributed by atoms with Crippen LogP contribution in [0.3, 0.4) is 0 Å². The lowest BCUT2D eigenvalue weighted by Gasteiger charge is -2.19. The van der Waals surface area contributed by atoms with Gasteiger partial charge in [-0.1, -0.05) is 17.3 Å². The van der Waals surface area contributed by atoms with E-state index < -0.39 is 11.9 Å². The molecule has 5 nitrogen and oxygen atoms in total. The molecule has 0 amide bonds. The van der Waals surface area contributed by atoms with Crippen LogP contribution >= 0.6 is 0 Å². The third-order valence-electron chi connectivity index (χ3n) is 4.94. The van der Waals surface area contributed by atoms with Gasteiger partial charge < -0.3 is 19.0 Å². The number of benzene rings is 2. The lowest BCUT2D eigenvalue weighted by atomic mass is 10.1. The molecule has 0 heterocycles. The predicted molar refractivity (Wildman–Crippen MR) is 127 cm³/mol. The normalized spacial score (nSPS) is 13.1. The third kappa shape index (κ3) is 8.32. The maximum atomic E-state index is 13.0. The van der Waals surface area contributed by atoms with Crippen LogP contribution in [0.4, 0.5) is 13.2 Å². The fourth-order valence-corrected chi connectivity index (χ4v) is 3.31. The van der Waals surface area contributed by atoms with Crippen LogP contribution in [0.15, 0.2) is 53.7 Å². The van der Waals surface area contributed by atoms with Gasteiger partial charge >= 0.3 is 6.18 Å². The molecule has 0 aliphatic heterocycles. The van der Waals surface area contributed by atoms with E-state index >= 15 is 0 Å². The first-order valence-corrected chi connectivity index (χ1v) is 11.1. The Balaban J connectivity index is 1.84. The second-order valence-electron chi connectivity index (χ2n) is 7.83. The standard InChI is InChI=1S/C26H32F3NO4/c1-6-7-14-33-23-16-18(2)24(19(3)17-23)34-20(4)9-8-15-32-22-12-10-21(11-13-22)25(30-31-5)26(27,28)29/h6-7,10-13,16-17,20H,8-9,14-15H2,1-5H3/b7-6+,30-25?. The highest BCUT2D eigenvalue weighted by atomic mass is 19.4. The lowest BCUT2D eigenvalue weighted by Crippen LogP contribution is -2.24. The predicted octanol–water partition coefficient (Wildman–Crippen LogP) is 6.80. The first kappa shape index (κ1) is 27.1. The number of aryl methyl sites for hydroxylation is 2. The average Bonchev–Trinajstić information content (AvgIpc) is 2.77. The van der Waals surface area contributed by atoms with Crippen LogP contribution in [-0.2, 0) is 4.84 Å². The SMILES string of the molecule is C/C=C/COc1cc(C)c(OC(C)CCCOc2ccc(C(=NOC)C(F)(F)F)cc2)c(C)c1. The zero-order valence-electron chi connectivity index (χ0n) is 20.2. The Morgan fingerprint density at radius 1 is 1.03 bits per heavy atom. The Kier molecular flexibility index (Phi) is 10.3. The van der Waals surface area contributed by atoms with E-state index in [1.807, 2.05) is 52.0 Å². The highest BCUT2D eigenvalue weighted by molar-refractivity contribution is 6.04. The van der Waals surface area contributed by atoms with Crippen molar-refractivity contribution in [2.24, 2.45) is 5.16 Å². The van der Waals surface area contributed by atoms with Crippen molar-refractivity contribution >= 4 is 5.71 Å². The minimum Gasteiger partial charge on any atom is -0.494 e. The molecule has 0 N–H and O–H groups in total. The number of rotatable bonds is 12. The van der Waals surface area contributed by atoms with Gasteiger partial charge in [-0.05, 0) is 88.1 Å².